The first-order chi connectivity index (χ1) is 8.52. The fourth-order valence-corrected chi connectivity index (χ4v) is 2.12. The summed E-state index contributed by atoms with van der Waals surface area (Å²) in [5.74, 6) is -2.35. The lowest BCUT2D eigenvalue weighted by Gasteiger charge is -2.13. The van der Waals surface area contributed by atoms with Crippen LogP contribution in [0.1, 0.15) is 58.5 Å². The lowest BCUT2D eigenvalue weighted by atomic mass is 9.91. The number of carboxylic acid groups (broad SMARTS) is 2. The molecule has 98 valence electrons. The van der Waals surface area contributed by atoms with Crippen molar-refractivity contribution >= 4 is 11.9 Å². The highest BCUT2D eigenvalue weighted by atomic mass is 16.4. The van der Waals surface area contributed by atoms with Gasteiger partial charge in [0.1, 0.15) is 0 Å². The van der Waals surface area contributed by atoms with Gasteiger partial charge in [-0.25, -0.2) is 9.59 Å². The molecule has 1 rings (SSSR count). The molecule has 0 amide bonds. The molecule has 0 radical (unpaired) electrons. The highest BCUT2D eigenvalue weighted by Gasteiger charge is 2.21. The summed E-state index contributed by atoms with van der Waals surface area (Å²) in [4.78, 5) is 22.3. The van der Waals surface area contributed by atoms with E-state index < -0.39 is 11.9 Å². The first kappa shape index (κ1) is 14.2. The van der Waals surface area contributed by atoms with Crippen molar-refractivity contribution in [2.75, 3.05) is 0 Å². The monoisotopic (exact) mass is 250 g/mol. The summed E-state index contributed by atoms with van der Waals surface area (Å²) in [6.07, 6.45) is 3.31. The van der Waals surface area contributed by atoms with Crippen molar-refractivity contribution in [3.8, 4) is 0 Å². The molecule has 18 heavy (non-hydrogen) atoms. The fourth-order valence-electron chi connectivity index (χ4n) is 2.12. The Morgan fingerprint density at radius 1 is 1.11 bits per heavy atom. The number of aromatic carboxylic acids is 2. The van der Waals surface area contributed by atoms with Gasteiger partial charge in [-0.3, -0.25) is 0 Å². The van der Waals surface area contributed by atoms with Gasteiger partial charge in [0.05, 0.1) is 11.1 Å². The second-order valence-electron chi connectivity index (χ2n) is 4.19. The molecule has 0 aliphatic heterocycles. The van der Waals surface area contributed by atoms with Gasteiger partial charge in [-0.2, -0.15) is 0 Å². The second kappa shape index (κ2) is 6.19. The fraction of sp³-hybridized carbons (Fsp3) is 0.429. The molecule has 4 nitrogen and oxygen atoms in total. The molecule has 4 heteroatoms. The van der Waals surface area contributed by atoms with Crippen LogP contribution < -0.4 is 0 Å². The first-order valence-corrected chi connectivity index (χ1v) is 6.14. The van der Waals surface area contributed by atoms with Crippen LogP contribution in [0.25, 0.3) is 0 Å². The third kappa shape index (κ3) is 2.88. The normalized spacial score (nSPS) is 10.3. The van der Waals surface area contributed by atoms with E-state index >= 15 is 0 Å². The molecule has 0 spiro atoms. The maximum Gasteiger partial charge on any atom is 0.336 e. The van der Waals surface area contributed by atoms with Gasteiger partial charge >= 0.3 is 11.9 Å². The Hall–Kier alpha value is -1.84. The van der Waals surface area contributed by atoms with E-state index in [1.54, 1.807) is 6.07 Å². The van der Waals surface area contributed by atoms with Crippen LogP contribution in [-0.4, -0.2) is 22.2 Å². The Morgan fingerprint density at radius 2 is 1.78 bits per heavy atom. The number of unbranched alkanes of at least 4 members (excludes halogenated alkanes) is 1. The van der Waals surface area contributed by atoms with E-state index in [-0.39, 0.29) is 11.1 Å². The third-order valence-electron chi connectivity index (χ3n) is 3.01. The highest BCUT2D eigenvalue weighted by molar-refractivity contribution is 6.03. The molecule has 0 aliphatic carbocycles. The van der Waals surface area contributed by atoms with Crippen molar-refractivity contribution in [3.63, 3.8) is 0 Å². The summed E-state index contributed by atoms with van der Waals surface area (Å²) in [5, 5.41) is 18.3. The molecule has 0 atom stereocenters. The van der Waals surface area contributed by atoms with Crippen molar-refractivity contribution < 1.29 is 19.8 Å². The van der Waals surface area contributed by atoms with Gasteiger partial charge in [-0.05, 0) is 36.5 Å². The number of hydrogen-bond acceptors (Lipinski definition) is 2. The van der Waals surface area contributed by atoms with Gasteiger partial charge in [0.25, 0.3) is 0 Å². The summed E-state index contributed by atoms with van der Waals surface area (Å²) < 4.78 is 0. The average molecular weight is 250 g/mol. The SMILES string of the molecule is CCCCc1ccc(C(=O)O)c(C(=O)O)c1CC. The van der Waals surface area contributed by atoms with Crippen molar-refractivity contribution in [1.82, 2.24) is 0 Å². The number of rotatable bonds is 6. The van der Waals surface area contributed by atoms with E-state index in [0.717, 1.165) is 24.8 Å². The van der Waals surface area contributed by atoms with Crippen LogP contribution in [-0.2, 0) is 12.8 Å². The zero-order valence-corrected chi connectivity index (χ0v) is 10.7. The molecule has 0 saturated carbocycles. The topological polar surface area (TPSA) is 74.6 Å². The molecule has 2 N–H and O–H groups in total. The van der Waals surface area contributed by atoms with E-state index in [1.165, 1.54) is 6.07 Å². The minimum atomic E-state index is -1.19. The minimum Gasteiger partial charge on any atom is -0.478 e. The molecule has 1 aromatic carbocycles. The largest absolute Gasteiger partial charge is 0.478 e. The highest BCUT2D eigenvalue weighted by Crippen LogP contribution is 2.22. The van der Waals surface area contributed by atoms with Gasteiger partial charge in [-0.15, -0.1) is 0 Å². The van der Waals surface area contributed by atoms with E-state index in [1.807, 2.05) is 6.92 Å². The summed E-state index contributed by atoms with van der Waals surface area (Å²) in [5.41, 5.74) is 1.41. The smallest absolute Gasteiger partial charge is 0.336 e. The Kier molecular flexibility index (Phi) is 4.89. The molecular weight excluding hydrogens is 232 g/mol. The number of aryl methyl sites for hydroxylation is 1. The van der Waals surface area contributed by atoms with E-state index in [4.69, 9.17) is 5.11 Å². The Labute approximate surface area is 106 Å². The maximum absolute atomic E-state index is 11.3. The zero-order valence-electron chi connectivity index (χ0n) is 10.7. The summed E-state index contributed by atoms with van der Waals surface area (Å²) in [7, 11) is 0. The third-order valence-corrected chi connectivity index (χ3v) is 3.01. The van der Waals surface area contributed by atoms with Crippen LogP contribution in [0.15, 0.2) is 12.1 Å². The lowest BCUT2D eigenvalue weighted by Crippen LogP contribution is -2.13. The Bertz CT molecular complexity index is 463. The van der Waals surface area contributed by atoms with Gasteiger partial charge < -0.3 is 10.2 Å². The number of carbonyl (C=O) groups is 2. The van der Waals surface area contributed by atoms with Gasteiger partial charge in [0, 0.05) is 0 Å². The van der Waals surface area contributed by atoms with Crippen LogP contribution in [0.4, 0.5) is 0 Å². The molecule has 0 unspecified atom stereocenters. The van der Waals surface area contributed by atoms with Crippen molar-refractivity contribution in [2.24, 2.45) is 0 Å². The van der Waals surface area contributed by atoms with Crippen LogP contribution >= 0.6 is 0 Å². The summed E-state index contributed by atoms with van der Waals surface area (Å²) in [6.45, 7) is 3.91. The molecule has 0 bridgehead atoms. The number of hydrogen-bond donors (Lipinski definition) is 2. The molecule has 0 heterocycles. The predicted octanol–water partition coefficient (Wildman–Crippen LogP) is 2.99. The molecule has 0 fully saturated rings. The van der Waals surface area contributed by atoms with E-state index in [2.05, 4.69) is 6.92 Å². The van der Waals surface area contributed by atoms with Crippen molar-refractivity contribution in [1.29, 1.82) is 0 Å². The average Bonchev–Trinajstić information content (AvgIpc) is 2.34. The lowest BCUT2D eigenvalue weighted by molar-refractivity contribution is 0.0650. The van der Waals surface area contributed by atoms with Gasteiger partial charge in [0.2, 0.25) is 0 Å². The standard InChI is InChI=1S/C14H18O4/c1-3-5-6-9-7-8-11(13(15)16)12(14(17)18)10(9)4-2/h7-8H,3-6H2,1-2H3,(H,15,16)(H,17,18). The van der Waals surface area contributed by atoms with Crippen molar-refractivity contribution in [3.05, 3.63) is 34.4 Å². The molecular formula is C14H18O4. The minimum absolute atomic E-state index is 0.0568. The number of carboxylic acids is 2. The first-order valence-electron chi connectivity index (χ1n) is 6.14. The zero-order chi connectivity index (χ0) is 13.7. The summed E-state index contributed by atoms with van der Waals surface area (Å²) in [6, 6.07) is 3.14. The van der Waals surface area contributed by atoms with Crippen LogP contribution in [0, 0.1) is 0 Å². The Balaban J connectivity index is 3.38. The molecule has 1 aromatic rings. The van der Waals surface area contributed by atoms with Crippen LogP contribution in [0.3, 0.4) is 0 Å². The molecule has 0 aliphatic rings. The van der Waals surface area contributed by atoms with Gasteiger partial charge in [0.15, 0.2) is 0 Å². The predicted molar refractivity (Wildman–Crippen MR) is 68.4 cm³/mol. The van der Waals surface area contributed by atoms with Crippen LogP contribution in [0.5, 0.6) is 0 Å². The van der Waals surface area contributed by atoms with E-state index in [0.29, 0.717) is 12.0 Å². The van der Waals surface area contributed by atoms with Crippen molar-refractivity contribution in [2.45, 2.75) is 39.5 Å². The second-order valence-corrected chi connectivity index (χ2v) is 4.19. The Morgan fingerprint density at radius 3 is 2.22 bits per heavy atom. The number of benzene rings is 1. The summed E-state index contributed by atoms with van der Waals surface area (Å²) >= 11 is 0. The maximum atomic E-state index is 11.3. The molecule has 0 aromatic heterocycles. The van der Waals surface area contributed by atoms with Gasteiger partial charge in [-0.1, -0.05) is 26.3 Å². The van der Waals surface area contributed by atoms with E-state index in [9.17, 15) is 14.7 Å². The quantitative estimate of drug-likeness (QED) is 0.813. The molecule has 0 saturated heterocycles. The van der Waals surface area contributed by atoms with Crippen LogP contribution in [0.2, 0.25) is 0 Å².